The molecular formula is C12H20N4O2. The molecule has 1 saturated heterocycles. The van der Waals surface area contributed by atoms with E-state index in [4.69, 9.17) is 4.74 Å². The summed E-state index contributed by atoms with van der Waals surface area (Å²) in [6.45, 7) is 6.66. The lowest BCUT2D eigenvalue weighted by Crippen LogP contribution is -2.51. The van der Waals surface area contributed by atoms with Gasteiger partial charge in [0.15, 0.2) is 0 Å². The molecule has 1 aliphatic rings. The van der Waals surface area contributed by atoms with Crippen LogP contribution in [0.15, 0.2) is 6.07 Å². The smallest absolute Gasteiger partial charge is 0.317 e. The van der Waals surface area contributed by atoms with E-state index in [1.807, 2.05) is 13.0 Å². The first-order chi connectivity index (χ1) is 8.48. The van der Waals surface area contributed by atoms with Gasteiger partial charge < -0.3 is 15.0 Å². The Kier molecular flexibility index (Phi) is 3.56. The molecule has 2 heterocycles. The van der Waals surface area contributed by atoms with E-state index in [9.17, 15) is 4.79 Å². The van der Waals surface area contributed by atoms with Crippen molar-refractivity contribution in [2.45, 2.75) is 20.4 Å². The van der Waals surface area contributed by atoms with Crippen LogP contribution in [0.5, 0.6) is 0 Å². The number of amides is 2. The maximum Gasteiger partial charge on any atom is 0.317 e. The monoisotopic (exact) mass is 252 g/mol. The normalized spacial score (nSPS) is 17.1. The molecule has 2 rings (SSSR count). The Balaban J connectivity index is 1.77. The van der Waals surface area contributed by atoms with Crippen molar-refractivity contribution >= 4 is 6.03 Å². The van der Waals surface area contributed by atoms with Crippen LogP contribution in [0.3, 0.4) is 0 Å². The van der Waals surface area contributed by atoms with E-state index in [1.165, 1.54) is 0 Å². The Bertz CT molecular complexity index is 425. The molecule has 6 heteroatoms. The average molecular weight is 252 g/mol. The minimum absolute atomic E-state index is 0.0798. The summed E-state index contributed by atoms with van der Waals surface area (Å²) >= 11 is 0. The largest absolute Gasteiger partial charge is 0.380 e. The quantitative estimate of drug-likeness (QED) is 0.836. The number of nitrogens with one attached hydrogen (secondary N) is 2. The molecule has 1 aromatic rings. The third-order valence-electron chi connectivity index (χ3n) is 3.05. The maximum absolute atomic E-state index is 11.9. The molecule has 0 atom stereocenters. The van der Waals surface area contributed by atoms with Gasteiger partial charge in [0.25, 0.3) is 0 Å². The van der Waals surface area contributed by atoms with Crippen LogP contribution in [0, 0.1) is 12.3 Å². The number of urea groups is 1. The van der Waals surface area contributed by atoms with Gasteiger partial charge in [-0.15, -0.1) is 0 Å². The number of ether oxygens (including phenoxy) is 1. The first-order valence-corrected chi connectivity index (χ1v) is 6.06. The zero-order valence-corrected chi connectivity index (χ0v) is 11.1. The zero-order chi connectivity index (χ0) is 13.2. The number of H-pyrrole nitrogens is 1. The van der Waals surface area contributed by atoms with Crippen molar-refractivity contribution in [1.82, 2.24) is 20.4 Å². The number of aromatic nitrogens is 2. The molecular weight excluding hydrogens is 232 g/mol. The van der Waals surface area contributed by atoms with Gasteiger partial charge in [0.05, 0.1) is 25.5 Å². The Morgan fingerprint density at radius 3 is 2.89 bits per heavy atom. The number of hydrogen-bond donors (Lipinski definition) is 2. The van der Waals surface area contributed by atoms with Gasteiger partial charge in [0.2, 0.25) is 0 Å². The van der Waals surface area contributed by atoms with Crippen LogP contribution in [-0.2, 0) is 11.3 Å². The molecule has 100 valence electrons. The summed E-state index contributed by atoms with van der Waals surface area (Å²) in [6, 6.07) is 1.84. The third-order valence-corrected chi connectivity index (χ3v) is 3.05. The fourth-order valence-corrected chi connectivity index (χ4v) is 2.05. The van der Waals surface area contributed by atoms with Gasteiger partial charge in [-0.25, -0.2) is 4.79 Å². The van der Waals surface area contributed by atoms with Gasteiger partial charge in [-0.05, 0) is 13.0 Å². The van der Waals surface area contributed by atoms with Gasteiger partial charge in [0.1, 0.15) is 0 Å². The van der Waals surface area contributed by atoms with Crippen molar-refractivity contribution in [2.75, 3.05) is 26.8 Å². The topological polar surface area (TPSA) is 70.2 Å². The van der Waals surface area contributed by atoms with Crippen LogP contribution in [-0.4, -0.2) is 47.9 Å². The SMILES string of the molecule is Cc1cc(CNC(=O)N(C)CC2(C)COC2)n[nH]1. The molecule has 2 amide bonds. The maximum atomic E-state index is 11.9. The average Bonchev–Trinajstić information content (AvgIpc) is 2.69. The molecule has 0 bridgehead atoms. The standard InChI is InChI=1S/C12H20N4O2/c1-9-4-10(15-14-9)5-13-11(17)16(3)6-12(2)7-18-8-12/h4H,5-8H2,1-3H3,(H,13,17)(H,14,15). The fraction of sp³-hybridized carbons (Fsp3) is 0.667. The van der Waals surface area contributed by atoms with Crippen molar-refractivity contribution in [3.63, 3.8) is 0 Å². The molecule has 6 nitrogen and oxygen atoms in total. The minimum atomic E-state index is -0.0798. The number of carbonyl (C=O) groups excluding carboxylic acids is 1. The van der Waals surface area contributed by atoms with Gasteiger partial charge in [-0.2, -0.15) is 5.10 Å². The van der Waals surface area contributed by atoms with E-state index >= 15 is 0 Å². The van der Waals surface area contributed by atoms with Crippen molar-refractivity contribution in [3.05, 3.63) is 17.5 Å². The molecule has 2 N–H and O–H groups in total. The van der Waals surface area contributed by atoms with Crippen molar-refractivity contribution in [1.29, 1.82) is 0 Å². The lowest BCUT2D eigenvalue weighted by Gasteiger charge is -2.40. The Labute approximate surface area is 107 Å². The molecule has 1 fully saturated rings. The molecule has 0 unspecified atom stereocenters. The molecule has 0 spiro atoms. The number of nitrogens with zero attached hydrogens (tertiary/aromatic N) is 2. The zero-order valence-electron chi connectivity index (χ0n) is 11.1. The molecule has 1 aromatic heterocycles. The van der Waals surface area contributed by atoms with E-state index in [-0.39, 0.29) is 11.4 Å². The van der Waals surface area contributed by atoms with E-state index in [0.29, 0.717) is 13.1 Å². The van der Waals surface area contributed by atoms with Crippen LogP contribution >= 0.6 is 0 Å². The van der Waals surface area contributed by atoms with Gasteiger partial charge >= 0.3 is 6.03 Å². The van der Waals surface area contributed by atoms with Crippen molar-refractivity contribution in [2.24, 2.45) is 5.41 Å². The van der Waals surface area contributed by atoms with Gasteiger partial charge in [-0.3, -0.25) is 5.10 Å². The molecule has 1 aliphatic heterocycles. The van der Waals surface area contributed by atoms with Crippen LogP contribution in [0.1, 0.15) is 18.3 Å². The molecule has 0 aliphatic carbocycles. The van der Waals surface area contributed by atoms with E-state index in [2.05, 4.69) is 22.4 Å². The summed E-state index contributed by atoms with van der Waals surface area (Å²) in [7, 11) is 1.80. The third kappa shape index (κ3) is 3.01. The predicted octanol–water partition coefficient (Wildman–Crippen LogP) is 0.896. The van der Waals surface area contributed by atoms with Gasteiger partial charge in [0, 0.05) is 24.7 Å². The highest BCUT2D eigenvalue weighted by atomic mass is 16.5. The number of rotatable bonds is 4. The Morgan fingerprint density at radius 1 is 1.67 bits per heavy atom. The highest BCUT2D eigenvalue weighted by Crippen LogP contribution is 2.27. The lowest BCUT2D eigenvalue weighted by atomic mass is 9.88. The first kappa shape index (κ1) is 12.9. The van der Waals surface area contributed by atoms with Gasteiger partial charge in [-0.1, -0.05) is 6.92 Å². The summed E-state index contributed by atoms with van der Waals surface area (Å²) in [5.41, 5.74) is 1.94. The second-order valence-electron chi connectivity index (χ2n) is 5.36. The van der Waals surface area contributed by atoms with Crippen LogP contribution in [0.4, 0.5) is 4.79 Å². The number of aryl methyl sites for hydroxylation is 1. The highest BCUT2D eigenvalue weighted by molar-refractivity contribution is 5.73. The number of carbonyl (C=O) groups is 1. The van der Waals surface area contributed by atoms with Crippen molar-refractivity contribution in [3.8, 4) is 0 Å². The molecule has 0 aromatic carbocycles. The van der Waals surface area contributed by atoms with Crippen LogP contribution in [0.25, 0.3) is 0 Å². The summed E-state index contributed by atoms with van der Waals surface area (Å²) < 4.78 is 5.18. The van der Waals surface area contributed by atoms with E-state index in [1.54, 1.807) is 11.9 Å². The minimum Gasteiger partial charge on any atom is -0.380 e. The Hall–Kier alpha value is -1.56. The lowest BCUT2D eigenvalue weighted by molar-refractivity contribution is -0.108. The fourth-order valence-electron chi connectivity index (χ4n) is 2.05. The van der Waals surface area contributed by atoms with E-state index < -0.39 is 0 Å². The summed E-state index contributed by atoms with van der Waals surface area (Å²) in [4.78, 5) is 13.6. The second-order valence-corrected chi connectivity index (χ2v) is 5.36. The number of hydrogen-bond acceptors (Lipinski definition) is 3. The second kappa shape index (κ2) is 4.97. The number of aromatic amines is 1. The van der Waals surface area contributed by atoms with Crippen LogP contribution < -0.4 is 5.32 Å². The first-order valence-electron chi connectivity index (χ1n) is 6.06. The Morgan fingerprint density at radius 2 is 2.39 bits per heavy atom. The summed E-state index contributed by atoms with van der Waals surface area (Å²) in [5, 5.41) is 9.76. The van der Waals surface area contributed by atoms with E-state index in [0.717, 1.165) is 24.6 Å². The highest BCUT2D eigenvalue weighted by Gasteiger charge is 2.35. The molecule has 0 saturated carbocycles. The predicted molar refractivity (Wildman–Crippen MR) is 67.1 cm³/mol. The van der Waals surface area contributed by atoms with Crippen molar-refractivity contribution < 1.29 is 9.53 Å². The van der Waals surface area contributed by atoms with Crippen LogP contribution in [0.2, 0.25) is 0 Å². The summed E-state index contributed by atoms with van der Waals surface area (Å²) in [5.74, 6) is 0. The summed E-state index contributed by atoms with van der Waals surface area (Å²) in [6.07, 6.45) is 0. The molecule has 0 radical (unpaired) electrons. The molecule has 18 heavy (non-hydrogen) atoms.